The summed E-state index contributed by atoms with van der Waals surface area (Å²) in [6.07, 6.45) is 5.76. The van der Waals surface area contributed by atoms with Gasteiger partial charge in [0, 0.05) is 11.6 Å². The predicted octanol–water partition coefficient (Wildman–Crippen LogP) is 3.18. The second kappa shape index (κ2) is 6.37. The Hall–Kier alpha value is -2.18. The highest BCUT2D eigenvalue weighted by Gasteiger charge is 2.28. The molecule has 1 aliphatic rings. The van der Waals surface area contributed by atoms with Crippen molar-refractivity contribution in [3.05, 3.63) is 47.5 Å². The van der Waals surface area contributed by atoms with Crippen molar-refractivity contribution in [1.29, 1.82) is 0 Å². The lowest BCUT2D eigenvalue weighted by molar-refractivity contribution is 0.138. The highest BCUT2D eigenvalue weighted by atomic mass is 35.5. The summed E-state index contributed by atoms with van der Waals surface area (Å²) in [5, 5.41) is 14.2. The SMILES string of the molecule is O[C@@H]1CCC[C@@H]1n1cnc2c(NCc3ccc(Cl)cc3)ncnc21. The number of rotatable bonds is 4. The average Bonchev–Trinajstić information content (AvgIpc) is 3.20. The normalized spacial score (nSPS) is 20.6. The van der Waals surface area contributed by atoms with Crippen LogP contribution < -0.4 is 5.32 Å². The predicted molar refractivity (Wildman–Crippen MR) is 93.0 cm³/mol. The molecule has 2 N–H and O–H groups in total. The highest BCUT2D eigenvalue weighted by Crippen LogP contribution is 2.32. The maximum atomic E-state index is 10.1. The lowest BCUT2D eigenvalue weighted by Gasteiger charge is -2.16. The minimum absolute atomic E-state index is 0.0500. The Morgan fingerprint density at radius 2 is 2.00 bits per heavy atom. The zero-order valence-electron chi connectivity index (χ0n) is 13.1. The van der Waals surface area contributed by atoms with Crippen molar-refractivity contribution >= 4 is 28.6 Å². The van der Waals surface area contributed by atoms with E-state index in [0.29, 0.717) is 12.4 Å². The van der Waals surface area contributed by atoms with Gasteiger partial charge >= 0.3 is 0 Å². The van der Waals surface area contributed by atoms with Crippen molar-refractivity contribution in [2.45, 2.75) is 38.0 Å². The lowest BCUT2D eigenvalue weighted by atomic mass is 10.2. The molecule has 2 aromatic heterocycles. The molecule has 2 heterocycles. The summed E-state index contributed by atoms with van der Waals surface area (Å²) >= 11 is 5.91. The van der Waals surface area contributed by atoms with Gasteiger partial charge in [-0.2, -0.15) is 0 Å². The number of aromatic nitrogens is 4. The van der Waals surface area contributed by atoms with E-state index in [4.69, 9.17) is 11.6 Å². The van der Waals surface area contributed by atoms with Gasteiger partial charge in [0.05, 0.1) is 18.5 Å². The quantitative estimate of drug-likeness (QED) is 0.761. The van der Waals surface area contributed by atoms with E-state index in [1.165, 1.54) is 6.33 Å². The third kappa shape index (κ3) is 2.83. The largest absolute Gasteiger partial charge is 0.391 e. The number of aliphatic hydroxyl groups excluding tert-OH is 1. The number of nitrogens with zero attached hydrogens (tertiary/aromatic N) is 4. The summed E-state index contributed by atoms with van der Waals surface area (Å²) in [4.78, 5) is 13.1. The van der Waals surface area contributed by atoms with Gasteiger partial charge < -0.3 is 15.0 Å². The van der Waals surface area contributed by atoms with Gasteiger partial charge in [0.25, 0.3) is 0 Å². The van der Waals surface area contributed by atoms with E-state index in [2.05, 4.69) is 20.3 Å². The molecule has 3 aromatic rings. The van der Waals surface area contributed by atoms with Crippen molar-refractivity contribution in [1.82, 2.24) is 19.5 Å². The van der Waals surface area contributed by atoms with E-state index < -0.39 is 0 Å². The number of hydrogen-bond acceptors (Lipinski definition) is 5. The smallest absolute Gasteiger partial charge is 0.165 e. The van der Waals surface area contributed by atoms with Crippen LogP contribution in [0.5, 0.6) is 0 Å². The molecular formula is C17H18ClN5O. The van der Waals surface area contributed by atoms with Gasteiger partial charge in [-0.05, 0) is 37.0 Å². The number of hydrogen-bond donors (Lipinski definition) is 2. The average molecular weight is 344 g/mol. The Kier molecular flexibility index (Phi) is 4.08. The Labute approximate surface area is 144 Å². The van der Waals surface area contributed by atoms with E-state index in [9.17, 15) is 5.11 Å². The zero-order chi connectivity index (χ0) is 16.5. The van der Waals surface area contributed by atoms with Crippen LogP contribution in [0.3, 0.4) is 0 Å². The van der Waals surface area contributed by atoms with Crippen LogP contribution in [-0.4, -0.2) is 30.7 Å². The van der Waals surface area contributed by atoms with Crippen LogP contribution in [0.2, 0.25) is 5.02 Å². The third-order valence-corrected chi connectivity index (χ3v) is 4.79. The monoisotopic (exact) mass is 343 g/mol. The maximum absolute atomic E-state index is 10.1. The van der Waals surface area contributed by atoms with Crippen LogP contribution >= 0.6 is 11.6 Å². The van der Waals surface area contributed by atoms with Crippen LogP contribution in [0, 0.1) is 0 Å². The number of nitrogens with one attached hydrogen (secondary N) is 1. The fourth-order valence-corrected chi connectivity index (χ4v) is 3.38. The first-order valence-electron chi connectivity index (χ1n) is 8.06. The third-order valence-electron chi connectivity index (χ3n) is 4.53. The molecule has 4 rings (SSSR count). The number of imidazole rings is 1. The highest BCUT2D eigenvalue weighted by molar-refractivity contribution is 6.30. The second-order valence-corrected chi connectivity index (χ2v) is 6.53. The van der Waals surface area contributed by atoms with Crippen LogP contribution in [-0.2, 0) is 6.54 Å². The number of benzene rings is 1. The minimum atomic E-state index is -0.331. The molecule has 1 aliphatic carbocycles. The van der Waals surface area contributed by atoms with Crippen LogP contribution in [0.1, 0.15) is 30.9 Å². The van der Waals surface area contributed by atoms with E-state index in [0.717, 1.165) is 41.0 Å². The van der Waals surface area contributed by atoms with Gasteiger partial charge in [-0.25, -0.2) is 15.0 Å². The molecule has 0 spiro atoms. The van der Waals surface area contributed by atoms with Crippen molar-refractivity contribution in [3.63, 3.8) is 0 Å². The fourth-order valence-electron chi connectivity index (χ4n) is 3.26. The molecule has 2 atom stereocenters. The van der Waals surface area contributed by atoms with E-state index in [1.807, 2.05) is 28.8 Å². The van der Waals surface area contributed by atoms with Gasteiger partial charge in [-0.1, -0.05) is 23.7 Å². The van der Waals surface area contributed by atoms with Crippen LogP contribution in [0.15, 0.2) is 36.9 Å². The summed E-state index contributed by atoms with van der Waals surface area (Å²) in [5.41, 5.74) is 2.59. The van der Waals surface area contributed by atoms with E-state index in [1.54, 1.807) is 6.33 Å². The lowest BCUT2D eigenvalue weighted by Crippen LogP contribution is -2.17. The summed E-state index contributed by atoms with van der Waals surface area (Å²) in [6.45, 7) is 0.627. The Morgan fingerprint density at radius 3 is 2.75 bits per heavy atom. The molecule has 124 valence electrons. The van der Waals surface area contributed by atoms with E-state index in [-0.39, 0.29) is 12.1 Å². The number of aliphatic hydroxyl groups is 1. The molecule has 0 saturated heterocycles. The number of fused-ring (bicyclic) bond motifs is 1. The van der Waals surface area contributed by atoms with Crippen LogP contribution in [0.25, 0.3) is 11.2 Å². The Balaban J connectivity index is 1.60. The van der Waals surface area contributed by atoms with Gasteiger partial charge in [-0.15, -0.1) is 0 Å². The molecule has 7 heteroatoms. The Bertz CT molecular complexity index is 848. The van der Waals surface area contributed by atoms with Crippen molar-refractivity contribution < 1.29 is 5.11 Å². The van der Waals surface area contributed by atoms with Crippen molar-refractivity contribution in [2.24, 2.45) is 0 Å². The van der Waals surface area contributed by atoms with Gasteiger partial charge in [0.1, 0.15) is 11.8 Å². The summed E-state index contributed by atoms with van der Waals surface area (Å²) in [5.74, 6) is 0.696. The number of anilines is 1. The first kappa shape index (κ1) is 15.4. The molecule has 6 nitrogen and oxygen atoms in total. The molecule has 24 heavy (non-hydrogen) atoms. The first-order chi connectivity index (χ1) is 11.7. The second-order valence-electron chi connectivity index (χ2n) is 6.09. The van der Waals surface area contributed by atoms with Gasteiger partial charge in [-0.3, -0.25) is 0 Å². The fraction of sp³-hybridized carbons (Fsp3) is 0.353. The molecule has 0 unspecified atom stereocenters. The molecule has 1 fully saturated rings. The summed E-state index contributed by atoms with van der Waals surface area (Å²) in [7, 11) is 0. The first-order valence-corrected chi connectivity index (χ1v) is 8.44. The zero-order valence-corrected chi connectivity index (χ0v) is 13.8. The van der Waals surface area contributed by atoms with Gasteiger partial charge in [0.15, 0.2) is 11.5 Å². The molecular weight excluding hydrogens is 326 g/mol. The molecule has 1 saturated carbocycles. The molecule has 0 aliphatic heterocycles. The minimum Gasteiger partial charge on any atom is -0.391 e. The topological polar surface area (TPSA) is 75.9 Å². The number of halogens is 1. The Morgan fingerprint density at radius 1 is 1.17 bits per heavy atom. The maximum Gasteiger partial charge on any atom is 0.165 e. The molecule has 0 amide bonds. The molecule has 0 bridgehead atoms. The molecule has 1 aromatic carbocycles. The standard InChI is InChI=1S/C17H18ClN5O/c18-12-6-4-11(5-7-12)8-19-16-15-17(21-9-20-16)23(10-22-15)13-2-1-3-14(13)24/h4-7,9-10,13-14,24H,1-3,8H2,(H,19,20,21)/t13-,14+/m0/s1. The van der Waals surface area contributed by atoms with Crippen LogP contribution in [0.4, 0.5) is 5.82 Å². The summed E-state index contributed by atoms with van der Waals surface area (Å²) in [6, 6.07) is 7.73. The van der Waals surface area contributed by atoms with Gasteiger partial charge in [0.2, 0.25) is 0 Å². The van der Waals surface area contributed by atoms with Crippen molar-refractivity contribution in [2.75, 3.05) is 5.32 Å². The molecule has 0 radical (unpaired) electrons. The van der Waals surface area contributed by atoms with Crippen molar-refractivity contribution in [3.8, 4) is 0 Å². The van der Waals surface area contributed by atoms with E-state index >= 15 is 0 Å². The summed E-state index contributed by atoms with van der Waals surface area (Å²) < 4.78 is 1.97.